The van der Waals surface area contributed by atoms with E-state index in [4.69, 9.17) is 16.3 Å². The Balaban J connectivity index is 0.00000420. The summed E-state index contributed by atoms with van der Waals surface area (Å²) in [6.45, 7) is 4.38. The van der Waals surface area contributed by atoms with Gasteiger partial charge in [-0.1, -0.05) is 11.6 Å². The fourth-order valence-corrected chi connectivity index (χ4v) is 3.21. The molecule has 0 amide bonds. The van der Waals surface area contributed by atoms with E-state index in [-0.39, 0.29) is 29.9 Å². The second-order valence-corrected chi connectivity index (χ2v) is 7.36. The average molecular weight is 549 g/mol. The van der Waals surface area contributed by atoms with Crippen LogP contribution in [0.1, 0.15) is 13.3 Å². The monoisotopic (exact) mass is 548 g/mol. The number of hydrogen-bond donors (Lipinski definition) is 1. The van der Waals surface area contributed by atoms with E-state index in [0.29, 0.717) is 44.4 Å². The second kappa shape index (κ2) is 12.7. The average Bonchev–Trinajstić information content (AvgIpc) is 3.05. The van der Waals surface area contributed by atoms with Gasteiger partial charge < -0.3 is 15.0 Å². The molecule has 1 aromatic carbocycles. The molecule has 1 heterocycles. The third-order valence-electron chi connectivity index (χ3n) is 4.48. The van der Waals surface area contributed by atoms with E-state index in [9.17, 15) is 13.2 Å². The summed E-state index contributed by atoms with van der Waals surface area (Å²) in [5, 5.41) is 3.88. The lowest BCUT2D eigenvalue weighted by atomic mass is 10.1. The largest absolute Gasteiger partial charge is 0.492 e. The quantitative estimate of drug-likeness (QED) is 0.302. The molecule has 2 rings (SSSR count). The first-order valence-corrected chi connectivity index (χ1v) is 9.81. The summed E-state index contributed by atoms with van der Waals surface area (Å²) in [6, 6.07) is 7.18. The van der Waals surface area contributed by atoms with Crippen molar-refractivity contribution in [3.63, 3.8) is 0 Å². The molecule has 0 bridgehead atoms. The number of halogens is 5. The summed E-state index contributed by atoms with van der Waals surface area (Å²) in [5.74, 6) is 1.63. The van der Waals surface area contributed by atoms with Crippen molar-refractivity contribution >= 4 is 41.5 Å². The zero-order chi connectivity index (χ0) is 20.6. The van der Waals surface area contributed by atoms with Crippen LogP contribution in [0.25, 0.3) is 0 Å². The van der Waals surface area contributed by atoms with Crippen molar-refractivity contribution in [3.05, 3.63) is 29.3 Å². The van der Waals surface area contributed by atoms with Crippen molar-refractivity contribution < 1.29 is 17.9 Å². The molecule has 1 atom stereocenters. The van der Waals surface area contributed by atoms with E-state index >= 15 is 0 Å². The molecule has 5 nitrogen and oxygen atoms in total. The molecule has 0 spiro atoms. The minimum absolute atomic E-state index is 0. The summed E-state index contributed by atoms with van der Waals surface area (Å²) in [4.78, 5) is 8.03. The highest BCUT2D eigenvalue weighted by Crippen LogP contribution is 2.23. The van der Waals surface area contributed by atoms with Gasteiger partial charge >= 0.3 is 6.18 Å². The van der Waals surface area contributed by atoms with E-state index in [1.807, 2.05) is 31.0 Å². The molecule has 1 N–H and O–H groups in total. The fourth-order valence-electron chi connectivity index (χ4n) is 3.08. The number of guanidine groups is 1. The van der Waals surface area contributed by atoms with Gasteiger partial charge in [0.2, 0.25) is 0 Å². The fraction of sp³-hybridized carbons (Fsp3) is 0.632. The van der Waals surface area contributed by atoms with Gasteiger partial charge in [0.1, 0.15) is 12.4 Å². The molecule has 1 aliphatic rings. The Labute approximate surface area is 192 Å². The molecule has 1 aromatic rings. The molecule has 0 aromatic heterocycles. The zero-order valence-electron chi connectivity index (χ0n) is 16.7. The van der Waals surface area contributed by atoms with Crippen molar-refractivity contribution in [1.82, 2.24) is 15.1 Å². The topological polar surface area (TPSA) is 40.1 Å². The van der Waals surface area contributed by atoms with Gasteiger partial charge in [-0.15, -0.1) is 24.0 Å². The minimum atomic E-state index is -4.14. The number of likely N-dealkylation sites (N-methyl/N-ethyl adjacent to an activating group) is 1. The normalized spacial score (nSPS) is 17.7. The molecule has 29 heavy (non-hydrogen) atoms. The molecule has 0 saturated carbocycles. The standard InChI is InChI=1S/C19H28ClF3N4O.HI/c1-3-24-18(25-12-15-8-9-27(13-15)14-19(21,22)23)26(2)10-11-28-17-6-4-16(20)5-7-17;/h4-7,15H,3,8-14H2,1-2H3,(H,24,25);1H. The van der Waals surface area contributed by atoms with Crippen molar-refractivity contribution in [1.29, 1.82) is 0 Å². The molecule has 0 aliphatic carbocycles. The van der Waals surface area contributed by atoms with Gasteiger partial charge in [0.05, 0.1) is 13.1 Å². The molecule has 1 saturated heterocycles. The van der Waals surface area contributed by atoms with Crippen LogP contribution in [0, 0.1) is 5.92 Å². The second-order valence-electron chi connectivity index (χ2n) is 6.92. The van der Waals surface area contributed by atoms with Gasteiger partial charge in [0, 0.05) is 31.7 Å². The lowest BCUT2D eigenvalue weighted by Gasteiger charge is -2.23. The Morgan fingerprint density at radius 1 is 1.34 bits per heavy atom. The Bertz CT molecular complexity index is 631. The number of nitrogens with zero attached hydrogens (tertiary/aromatic N) is 3. The molecule has 1 unspecified atom stereocenters. The first kappa shape index (κ1) is 26.1. The van der Waals surface area contributed by atoms with Gasteiger partial charge in [-0.25, -0.2) is 0 Å². The van der Waals surface area contributed by atoms with Crippen LogP contribution in [-0.4, -0.2) is 74.9 Å². The lowest BCUT2D eigenvalue weighted by Crippen LogP contribution is -2.41. The van der Waals surface area contributed by atoms with Crippen molar-refractivity contribution in [2.75, 3.05) is 52.9 Å². The number of benzene rings is 1. The van der Waals surface area contributed by atoms with Crippen molar-refractivity contribution in [2.24, 2.45) is 10.9 Å². The first-order chi connectivity index (χ1) is 13.3. The Hall–Kier alpha value is -0.940. The predicted octanol–water partition coefficient (Wildman–Crippen LogP) is 4.12. The Morgan fingerprint density at radius 3 is 2.66 bits per heavy atom. The lowest BCUT2D eigenvalue weighted by molar-refractivity contribution is -0.143. The maximum absolute atomic E-state index is 12.5. The summed E-state index contributed by atoms with van der Waals surface area (Å²) in [7, 11) is 1.91. The zero-order valence-corrected chi connectivity index (χ0v) is 19.8. The minimum Gasteiger partial charge on any atom is -0.492 e. The highest BCUT2D eigenvalue weighted by molar-refractivity contribution is 14.0. The SMILES string of the molecule is CCNC(=NCC1CCN(CC(F)(F)F)C1)N(C)CCOc1ccc(Cl)cc1.I. The highest BCUT2D eigenvalue weighted by Gasteiger charge is 2.34. The van der Waals surface area contributed by atoms with E-state index in [0.717, 1.165) is 18.1 Å². The Kier molecular flexibility index (Phi) is 11.4. The number of nitrogens with one attached hydrogen (secondary N) is 1. The van der Waals surface area contributed by atoms with Crippen molar-refractivity contribution in [3.8, 4) is 5.75 Å². The maximum Gasteiger partial charge on any atom is 0.401 e. The van der Waals surface area contributed by atoms with E-state index in [1.54, 1.807) is 12.1 Å². The van der Waals surface area contributed by atoms with Crippen LogP contribution in [0.2, 0.25) is 5.02 Å². The molecule has 0 radical (unpaired) electrons. The van der Waals surface area contributed by atoms with E-state index < -0.39 is 12.7 Å². The Morgan fingerprint density at radius 2 is 2.03 bits per heavy atom. The first-order valence-electron chi connectivity index (χ1n) is 9.43. The van der Waals surface area contributed by atoms with Gasteiger partial charge in [-0.2, -0.15) is 13.2 Å². The van der Waals surface area contributed by atoms with E-state index in [1.165, 1.54) is 4.90 Å². The van der Waals surface area contributed by atoms with Crippen LogP contribution in [0.3, 0.4) is 0 Å². The number of ether oxygens (including phenoxy) is 1. The third kappa shape index (κ3) is 10.1. The van der Waals surface area contributed by atoms with Crippen molar-refractivity contribution in [2.45, 2.75) is 19.5 Å². The number of hydrogen-bond acceptors (Lipinski definition) is 3. The molecule has 10 heteroatoms. The van der Waals surface area contributed by atoms with E-state index in [2.05, 4.69) is 10.3 Å². The van der Waals surface area contributed by atoms with Gasteiger partial charge in [-0.3, -0.25) is 9.89 Å². The highest BCUT2D eigenvalue weighted by atomic mass is 127. The summed E-state index contributed by atoms with van der Waals surface area (Å²) in [5.41, 5.74) is 0. The summed E-state index contributed by atoms with van der Waals surface area (Å²) in [6.07, 6.45) is -3.40. The van der Waals surface area contributed by atoms with Crippen LogP contribution in [0.15, 0.2) is 29.3 Å². The number of alkyl halides is 3. The van der Waals surface area contributed by atoms with Gasteiger partial charge in [0.25, 0.3) is 0 Å². The molecular weight excluding hydrogens is 520 g/mol. The van der Waals surface area contributed by atoms with Crippen LogP contribution < -0.4 is 10.1 Å². The van der Waals surface area contributed by atoms with Crippen LogP contribution in [0.4, 0.5) is 13.2 Å². The summed E-state index contributed by atoms with van der Waals surface area (Å²) < 4.78 is 43.2. The molecule has 166 valence electrons. The molecule has 1 fully saturated rings. The maximum atomic E-state index is 12.5. The number of rotatable bonds is 8. The van der Waals surface area contributed by atoms with Crippen LogP contribution in [-0.2, 0) is 0 Å². The third-order valence-corrected chi connectivity index (χ3v) is 4.73. The van der Waals surface area contributed by atoms with Crippen LogP contribution in [0.5, 0.6) is 5.75 Å². The molecular formula is C19H29ClF3IN4O. The smallest absolute Gasteiger partial charge is 0.401 e. The summed E-state index contributed by atoms with van der Waals surface area (Å²) >= 11 is 5.86. The van der Waals surface area contributed by atoms with Gasteiger partial charge in [0.15, 0.2) is 5.96 Å². The van der Waals surface area contributed by atoms with Crippen LogP contribution >= 0.6 is 35.6 Å². The predicted molar refractivity (Wildman–Crippen MR) is 122 cm³/mol. The number of aliphatic imine (C=N–C) groups is 1. The number of likely N-dealkylation sites (tertiary alicyclic amines) is 1. The molecule has 1 aliphatic heterocycles. The van der Waals surface area contributed by atoms with Gasteiger partial charge in [-0.05, 0) is 50.1 Å².